The van der Waals surface area contributed by atoms with Gasteiger partial charge in [0.05, 0.1) is 5.69 Å². The van der Waals surface area contributed by atoms with E-state index in [2.05, 4.69) is 29.5 Å². The molecule has 0 spiro atoms. The second kappa shape index (κ2) is 10.4. The predicted octanol–water partition coefficient (Wildman–Crippen LogP) is 4.17. The van der Waals surface area contributed by atoms with E-state index in [1.54, 1.807) is 17.8 Å². The van der Waals surface area contributed by atoms with Gasteiger partial charge in [0, 0.05) is 13.6 Å². The molecule has 0 saturated carbocycles. The minimum atomic E-state index is -0.130. The molecule has 0 radical (unpaired) electrons. The number of ether oxygens (including phenoxy) is 1. The molecule has 5 nitrogen and oxygen atoms in total. The number of aryl methyl sites for hydroxylation is 2. The SMILES string of the molecule is CCCCCC=CCOc1cccc(CNC(=O)c2cc(C)nn2C)c1. The van der Waals surface area contributed by atoms with Crippen molar-refractivity contribution in [1.82, 2.24) is 15.1 Å². The molecule has 0 fully saturated rings. The average molecular weight is 355 g/mol. The van der Waals surface area contributed by atoms with Crippen LogP contribution < -0.4 is 10.1 Å². The molecule has 5 heteroatoms. The van der Waals surface area contributed by atoms with E-state index in [-0.39, 0.29) is 5.91 Å². The van der Waals surface area contributed by atoms with Gasteiger partial charge in [-0.3, -0.25) is 9.48 Å². The van der Waals surface area contributed by atoms with Gasteiger partial charge in [-0.2, -0.15) is 5.10 Å². The van der Waals surface area contributed by atoms with E-state index >= 15 is 0 Å². The largest absolute Gasteiger partial charge is 0.490 e. The number of amides is 1. The van der Waals surface area contributed by atoms with E-state index in [0.29, 0.717) is 18.8 Å². The number of benzene rings is 1. The van der Waals surface area contributed by atoms with E-state index < -0.39 is 0 Å². The van der Waals surface area contributed by atoms with Crippen molar-refractivity contribution >= 4 is 5.91 Å². The quantitative estimate of drug-likeness (QED) is 0.514. The summed E-state index contributed by atoms with van der Waals surface area (Å²) in [4.78, 5) is 12.2. The highest BCUT2D eigenvalue weighted by molar-refractivity contribution is 5.92. The van der Waals surface area contributed by atoms with Crippen LogP contribution >= 0.6 is 0 Å². The van der Waals surface area contributed by atoms with Crippen molar-refractivity contribution in [2.24, 2.45) is 7.05 Å². The van der Waals surface area contributed by atoms with Crippen molar-refractivity contribution in [3.63, 3.8) is 0 Å². The van der Waals surface area contributed by atoms with E-state index in [1.807, 2.05) is 31.2 Å². The lowest BCUT2D eigenvalue weighted by Gasteiger charge is -2.08. The zero-order valence-corrected chi connectivity index (χ0v) is 16.0. The van der Waals surface area contributed by atoms with Gasteiger partial charge in [0.25, 0.3) is 5.91 Å². The van der Waals surface area contributed by atoms with Crippen LogP contribution in [0.3, 0.4) is 0 Å². The van der Waals surface area contributed by atoms with Crippen molar-refractivity contribution in [3.05, 3.63) is 59.4 Å². The van der Waals surface area contributed by atoms with Gasteiger partial charge in [-0.15, -0.1) is 0 Å². The maximum Gasteiger partial charge on any atom is 0.269 e. The normalized spacial score (nSPS) is 11.0. The summed E-state index contributed by atoms with van der Waals surface area (Å²) in [6, 6.07) is 9.58. The number of hydrogen-bond donors (Lipinski definition) is 1. The predicted molar refractivity (Wildman–Crippen MR) is 104 cm³/mol. The fourth-order valence-corrected chi connectivity index (χ4v) is 2.68. The number of carbonyl (C=O) groups excluding carboxylic acids is 1. The maximum absolute atomic E-state index is 12.2. The Balaban J connectivity index is 1.79. The fourth-order valence-electron chi connectivity index (χ4n) is 2.68. The summed E-state index contributed by atoms with van der Waals surface area (Å²) in [5, 5.41) is 7.12. The van der Waals surface area contributed by atoms with E-state index in [4.69, 9.17) is 4.74 Å². The first-order chi connectivity index (χ1) is 12.6. The molecule has 0 bridgehead atoms. The summed E-state index contributed by atoms with van der Waals surface area (Å²) in [6.45, 7) is 5.10. The average Bonchev–Trinajstić information content (AvgIpc) is 2.97. The molecule has 0 aliphatic rings. The lowest BCUT2D eigenvalue weighted by molar-refractivity contribution is 0.0941. The molecule has 0 saturated heterocycles. The van der Waals surface area contributed by atoms with Crippen molar-refractivity contribution in [2.75, 3.05) is 6.61 Å². The van der Waals surface area contributed by atoms with Crippen LogP contribution in [0.2, 0.25) is 0 Å². The van der Waals surface area contributed by atoms with Crippen molar-refractivity contribution in [3.8, 4) is 5.75 Å². The number of rotatable bonds is 10. The third-order valence-corrected chi connectivity index (χ3v) is 4.07. The Morgan fingerprint density at radius 3 is 2.85 bits per heavy atom. The Morgan fingerprint density at radius 2 is 2.12 bits per heavy atom. The number of aromatic nitrogens is 2. The van der Waals surface area contributed by atoms with Gasteiger partial charge in [0.2, 0.25) is 0 Å². The topological polar surface area (TPSA) is 56.1 Å². The summed E-state index contributed by atoms with van der Waals surface area (Å²) in [5.41, 5.74) is 2.39. The number of carbonyl (C=O) groups is 1. The molecular weight excluding hydrogens is 326 g/mol. The van der Waals surface area contributed by atoms with Gasteiger partial charge >= 0.3 is 0 Å². The zero-order valence-electron chi connectivity index (χ0n) is 16.0. The molecule has 1 aromatic carbocycles. The molecule has 0 unspecified atom stereocenters. The third kappa shape index (κ3) is 6.39. The van der Waals surface area contributed by atoms with Crippen molar-refractivity contribution < 1.29 is 9.53 Å². The molecule has 2 rings (SSSR count). The van der Waals surface area contributed by atoms with Gasteiger partial charge in [-0.25, -0.2) is 0 Å². The third-order valence-electron chi connectivity index (χ3n) is 4.07. The molecule has 1 aromatic heterocycles. The fraction of sp³-hybridized carbons (Fsp3) is 0.429. The lowest BCUT2D eigenvalue weighted by Crippen LogP contribution is -2.25. The highest BCUT2D eigenvalue weighted by atomic mass is 16.5. The maximum atomic E-state index is 12.2. The lowest BCUT2D eigenvalue weighted by atomic mass is 10.2. The summed E-state index contributed by atoms with van der Waals surface area (Å²) in [5.74, 6) is 0.681. The first kappa shape index (κ1) is 19.8. The molecule has 1 amide bonds. The van der Waals surface area contributed by atoms with Crippen molar-refractivity contribution in [1.29, 1.82) is 0 Å². The van der Waals surface area contributed by atoms with E-state index in [9.17, 15) is 4.79 Å². The smallest absolute Gasteiger partial charge is 0.269 e. The van der Waals surface area contributed by atoms with Gasteiger partial charge in [-0.1, -0.05) is 44.1 Å². The van der Waals surface area contributed by atoms with E-state index in [0.717, 1.165) is 23.4 Å². The number of nitrogens with zero attached hydrogens (tertiary/aromatic N) is 2. The van der Waals surface area contributed by atoms with Crippen LogP contribution in [-0.4, -0.2) is 22.3 Å². The Kier molecular flexibility index (Phi) is 7.93. The Morgan fingerprint density at radius 1 is 1.27 bits per heavy atom. The summed E-state index contributed by atoms with van der Waals surface area (Å²) < 4.78 is 7.35. The first-order valence-corrected chi connectivity index (χ1v) is 9.25. The summed E-state index contributed by atoms with van der Waals surface area (Å²) >= 11 is 0. The van der Waals surface area contributed by atoms with Gasteiger partial charge in [0.1, 0.15) is 18.1 Å². The molecule has 140 valence electrons. The molecule has 0 aliphatic heterocycles. The van der Waals surface area contributed by atoms with Crippen LogP contribution in [0.1, 0.15) is 54.4 Å². The Hall–Kier alpha value is -2.56. The number of hydrogen-bond acceptors (Lipinski definition) is 3. The second-order valence-corrected chi connectivity index (χ2v) is 6.40. The van der Waals surface area contributed by atoms with Gasteiger partial charge < -0.3 is 10.1 Å². The summed E-state index contributed by atoms with van der Waals surface area (Å²) in [7, 11) is 1.77. The monoisotopic (exact) mass is 355 g/mol. The number of unbranched alkanes of at least 4 members (excludes halogenated alkanes) is 3. The first-order valence-electron chi connectivity index (χ1n) is 9.25. The highest BCUT2D eigenvalue weighted by Gasteiger charge is 2.11. The van der Waals surface area contributed by atoms with Crippen LogP contribution in [-0.2, 0) is 13.6 Å². The van der Waals surface area contributed by atoms with E-state index in [1.165, 1.54) is 19.3 Å². The van der Waals surface area contributed by atoms with Crippen LogP contribution in [0, 0.1) is 6.92 Å². The van der Waals surface area contributed by atoms with Crippen molar-refractivity contribution in [2.45, 2.75) is 46.1 Å². The Labute approximate surface area is 156 Å². The van der Waals surface area contributed by atoms with Gasteiger partial charge in [0.15, 0.2) is 0 Å². The molecule has 2 aromatic rings. The molecule has 26 heavy (non-hydrogen) atoms. The standard InChI is InChI=1S/C21H29N3O2/c1-4-5-6-7-8-9-13-26-19-12-10-11-18(15-19)16-22-21(25)20-14-17(2)23-24(20)3/h8-12,14-15H,4-7,13,16H2,1-3H3,(H,22,25). The number of nitrogens with one attached hydrogen (secondary N) is 1. The molecular formula is C21H29N3O2. The van der Waals surface area contributed by atoms with Gasteiger partial charge in [-0.05, 0) is 43.5 Å². The van der Waals surface area contributed by atoms with Crippen LogP contribution in [0.5, 0.6) is 5.75 Å². The molecule has 0 aliphatic carbocycles. The van der Waals surface area contributed by atoms with Crippen LogP contribution in [0.25, 0.3) is 0 Å². The zero-order chi connectivity index (χ0) is 18.8. The van der Waals surface area contributed by atoms with Crippen LogP contribution in [0.4, 0.5) is 0 Å². The Bertz CT molecular complexity index is 735. The molecule has 0 atom stereocenters. The summed E-state index contributed by atoms with van der Waals surface area (Å²) in [6.07, 6.45) is 9.10. The minimum absolute atomic E-state index is 0.130. The molecule has 1 N–H and O–H groups in total. The minimum Gasteiger partial charge on any atom is -0.490 e. The van der Waals surface area contributed by atoms with Crippen LogP contribution in [0.15, 0.2) is 42.5 Å². The molecule has 1 heterocycles. The second-order valence-electron chi connectivity index (χ2n) is 6.40. The number of allylic oxidation sites excluding steroid dienone is 1. The highest BCUT2D eigenvalue weighted by Crippen LogP contribution is 2.13.